The van der Waals surface area contributed by atoms with Gasteiger partial charge in [0.25, 0.3) is 23.6 Å². The summed E-state index contributed by atoms with van der Waals surface area (Å²) < 4.78 is 28.0. The summed E-state index contributed by atoms with van der Waals surface area (Å²) in [5, 5.41) is 8.94. The van der Waals surface area contributed by atoms with Crippen molar-refractivity contribution in [1.29, 1.82) is 0 Å². The monoisotopic (exact) mass is 1200 g/mol. The van der Waals surface area contributed by atoms with Gasteiger partial charge in [0.15, 0.2) is 24.4 Å². The zero-order valence-electron chi connectivity index (χ0n) is 53.4. The highest BCUT2D eigenvalue weighted by Gasteiger charge is 2.43. The first kappa shape index (κ1) is 68.0. The Hall–Kier alpha value is -8.16. The number of ether oxygens (including phenoxy) is 4. The number of hydrogen-bond donors (Lipinski definition) is 0. The molecule has 3 aromatic carbocycles. The summed E-state index contributed by atoms with van der Waals surface area (Å²) in [5.74, 6) is -7.47. The van der Waals surface area contributed by atoms with Gasteiger partial charge in [0.2, 0.25) is 0 Å². The van der Waals surface area contributed by atoms with Gasteiger partial charge in [0, 0.05) is 59.0 Å². The van der Waals surface area contributed by atoms with Crippen LogP contribution in [0.5, 0.6) is 0 Å². The number of carbonyl (C=O) groups is 8. The zero-order chi connectivity index (χ0) is 64.0. The lowest BCUT2D eigenvalue weighted by molar-refractivity contribution is -0.176. The molecule has 1 fully saturated rings. The standard InChI is InChI=1S/C67H90N8O12/c1-41(2)29-54-64(80)84-47(11)61(77)71(13)57(32-44(7)8)67(83)87-59(34-49-23-27-51(28-24-49)39-75-40-53(36-69-75)52-19-17-16-18-20-52)63(79)73(15)55(30-42(3)4)65(81)85-46(10)60(76)70(12)56(31-43(5)6)66(82)86-58(62(78)72(54)14)33-48-21-25-50(26-22-48)38-74-37-45(9)35-68-74/h16-28,35-37,40-44,46-47,54-59H,29-34,38-39H2,1-15H3/t46-,47-,54+,55+,56+,57+,58-,59-/m1/s1. The maximum absolute atomic E-state index is 15.1. The molecule has 0 N–H and O–H groups in total. The smallest absolute Gasteiger partial charge is 0.329 e. The molecule has 0 bridgehead atoms. The maximum Gasteiger partial charge on any atom is 0.329 e. The maximum atomic E-state index is 15.1. The largest absolute Gasteiger partial charge is 0.451 e. The lowest BCUT2D eigenvalue weighted by Gasteiger charge is -2.35. The van der Waals surface area contributed by atoms with Crippen LogP contribution >= 0.6 is 0 Å². The number of hydrogen-bond acceptors (Lipinski definition) is 14. The van der Waals surface area contributed by atoms with Crippen LogP contribution in [-0.4, -0.2) is 163 Å². The number of amides is 4. The van der Waals surface area contributed by atoms with Crippen molar-refractivity contribution in [1.82, 2.24) is 39.2 Å². The molecule has 3 heterocycles. The highest BCUT2D eigenvalue weighted by molar-refractivity contribution is 5.94. The van der Waals surface area contributed by atoms with Crippen molar-refractivity contribution in [3.05, 3.63) is 131 Å². The Bertz CT molecular complexity index is 3120. The van der Waals surface area contributed by atoms with Crippen molar-refractivity contribution in [3.63, 3.8) is 0 Å². The zero-order valence-corrected chi connectivity index (χ0v) is 53.4. The van der Waals surface area contributed by atoms with Crippen LogP contribution in [-0.2, 0) is 83.2 Å². The van der Waals surface area contributed by atoms with Crippen LogP contribution in [0.25, 0.3) is 11.1 Å². The van der Waals surface area contributed by atoms with Crippen LogP contribution in [0.1, 0.15) is 123 Å². The van der Waals surface area contributed by atoms with Gasteiger partial charge < -0.3 is 38.5 Å². The molecule has 20 nitrogen and oxygen atoms in total. The minimum Gasteiger partial charge on any atom is -0.451 e. The molecule has 20 heteroatoms. The SMILES string of the molecule is Cc1cnn(Cc2ccc(C[C@H]3OC(=O)[C@H](CC(C)C)N(C)C(=O)[C@@H](C)OC(=O)[C@H](CC(C)C)N(C)C(=O)[C@@H](Cc4ccc(Cn5cc(-c6ccccc6)cn5)cc4)OC(=O)[C@H](CC(C)C)N(C)C(=O)[C@@H](C)OC(=O)[C@H](CC(C)C)N(C)C3=O)cc2)c1. The van der Waals surface area contributed by atoms with Crippen molar-refractivity contribution < 1.29 is 57.3 Å². The second-order valence-corrected chi connectivity index (χ2v) is 24.9. The molecule has 0 radical (unpaired) electrons. The molecule has 0 aliphatic carbocycles. The minimum absolute atomic E-state index is 0.0768. The van der Waals surface area contributed by atoms with E-state index in [0.717, 1.165) is 42.5 Å². The van der Waals surface area contributed by atoms with E-state index in [0.29, 0.717) is 24.2 Å². The molecule has 470 valence electrons. The highest BCUT2D eigenvalue weighted by Crippen LogP contribution is 2.26. The van der Waals surface area contributed by atoms with E-state index in [1.54, 1.807) is 17.1 Å². The molecule has 0 saturated carbocycles. The fourth-order valence-electron chi connectivity index (χ4n) is 10.6. The number of aryl methyl sites for hydroxylation is 1. The van der Waals surface area contributed by atoms with Gasteiger partial charge in [0.05, 0.1) is 25.5 Å². The van der Waals surface area contributed by atoms with Gasteiger partial charge in [-0.25, -0.2) is 19.2 Å². The van der Waals surface area contributed by atoms with Crippen molar-refractivity contribution >= 4 is 47.5 Å². The number of benzene rings is 3. The third-order valence-corrected chi connectivity index (χ3v) is 15.6. The molecule has 1 aliphatic rings. The van der Waals surface area contributed by atoms with E-state index < -0.39 is 96.1 Å². The van der Waals surface area contributed by atoms with Gasteiger partial charge in [-0.2, -0.15) is 10.2 Å². The van der Waals surface area contributed by atoms with Crippen molar-refractivity contribution in [3.8, 4) is 11.1 Å². The summed E-state index contributed by atoms with van der Waals surface area (Å²) in [5.41, 5.74) is 6.04. The summed E-state index contributed by atoms with van der Waals surface area (Å²) in [6.07, 6.45) is 1.40. The second kappa shape index (κ2) is 31.0. The van der Waals surface area contributed by atoms with Gasteiger partial charge in [-0.1, -0.05) is 134 Å². The summed E-state index contributed by atoms with van der Waals surface area (Å²) in [6, 6.07) is 19.5. The molecule has 6 rings (SSSR count). The predicted molar refractivity (Wildman–Crippen MR) is 328 cm³/mol. The van der Waals surface area contributed by atoms with Crippen LogP contribution in [0.15, 0.2) is 104 Å². The third kappa shape index (κ3) is 18.9. The summed E-state index contributed by atoms with van der Waals surface area (Å²) in [7, 11) is 5.59. The van der Waals surface area contributed by atoms with Crippen LogP contribution in [0.2, 0.25) is 0 Å². The molecule has 0 unspecified atom stereocenters. The third-order valence-electron chi connectivity index (χ3n) is 15.6. The van der Waals surface area contributed by atoms with Gasteiger partial charge in [-0.3, -0.25) is 28.5 Å². The van der Waals surface area contributed by atoms with E-state index in [1.165, 1.54) is 46.9 Å². The molecule has 5 aromatic rings. The van der Waals surface area contributed by atoms with Gasteiger partial charge in [-0.05, 0) is 104 Å². The summed E-state index contributed by atoms with van der Waals surface area (Å²) in [4.78, 5) is 123. The highest BCUT2D eigenvalue weighted by atomic mass is 16.6. The van der Waals surface area contributed by atoms with E-state index in [9.17, 15) is 28.8 Å². The van der Waals surface area contributed by atoms with Crippen molar-refractivity contribution in [2.75, 3.05) is 28.2 Å². The predicted octanol–water partition coefficient (Wildman–Crippen LogP) is 8.13. The quantitative estimate of drug-likeness (QED) is 0.0634. The van der Waals surface area contributed by atoms with E-state index in [1.807, 2.05) is 158 Å². The second-order valence-electron chi connectivity index (χ2n) is 24.9. The van der Waals surface area contributed by atoms with Crippen LogP contribution in [0.3, 0.4) is 0 Å². The van der Waals surface area contributed by atoms with E-state index in [-0.39, 0.29) is 62.2 Å². The Kier molecular flexibility index (Phi) is 24.2. The first-order valence-electron chi connectivity index (χ1n) is 30.2. The Balaban J connectivity index is 1.38. The number of aromatic nitrogens is 4. The van der Waals surface area contributed by atoms with E-state index >= 15 is 9.59 Å². The molecular weight excluding hydrogens is 1110 g/mol. The van der Waals surface area contributed by atoms with Crippen molar-refractivity contribution in [2.24, 2.45) is 23.7 Å². The number of rotatable bonds is 17. The molecule has 8 atom stereocenters. The number of likely N-dealkylation sites (N-methyl/N-ethyl adjacent to an activating group) is 4. The number of carbonyl (C=O) groups excluding carboxylic acids is 8. The van der Waals surface area contributed by atoms with Gasteiger partial charge in [-0.15, -0.1) is 0 Å². The topological polar surface area (TPSA) is 222 Å². The van der Waals surface area contributed by atoms with Gasteiger partial charge >= 0.3 is 23.9 Å². The van der Waals surface area contributed by atoms with Gasteiger partial charge in [0.1, 0.15) is 24.2 Å². The Morgan fingerprint density at radius 3 is 1.07 bits per heavy atom. The van der Waals surface area contributed by atoms with E-state index in [2.05, 4.69) is 10.2 Å². The van der Waals surface area contributed by atoms with Crippen LogP contribution < -0.4 is 0 Å². The number of esters is 4. The van der Waals surface area contributed by atoms with Crippen LogP contribution in [0, 0.1) is 30.6 Å². The Morgan fingerprint density at radius 1 is 0.402 bits per heavy atom. The average Bonchev–Trinajstić information content (AvgIpc) is 3.39. The Labute approximate surface area is 512 Å². The average molecular weight is 1200 g/mol. The molecule has 87 heavy (non-hydrogen) atoms. The molecular formula is C67H90N8O12. The normalized spacial score (nSPS) is 22.3. The first-order chi connectivity index (χ1) is 41.1. The fraction of sp³-hybridized carbons (Fsp3) is 0.522. The number of nitrogens with zero attached hydrogens (tertiary/aromatic N) is 8. The minimum atomic E-state index is -1.55. The Morgan fingerprint density at radius 2 is 0.724 bits per heavy atom. The molecule has 1 saturated heterocycles. The molecule has 2 aromatic heterocycles. The van der Waals surface area contributed by atoms with Crippen molar-refractivity contribution in [2.45, 2.75) is 176 Å². The first-order valence-corrected chi connectivity index (χ1v) is 30.2. The number of cyclic esters (lactones) is 4. The summed E-state index contributed by atoms with van der Waals surface area (Å²) >= 11 is 0. The molecule has 1 aliphatic heterocycles. The van der Waals surface area contributed by atoms with Crippen LogP contribution in [0.4, 0.5) is 0 Å². The lowest BCUT2D eigenvalue weighted by atomic mass is 9.99. The molecule has 4 amide bonds. The molecule has 0 spiro atoms. The summed E-state index contributed by atoms with van der Waals surface area (Å²) in [6.45, 7) is 20.4. The lowest BCUT2D eigenvalue weighted by Crippen LogP contribution is -2.55. The fourth-order valence-corrected chi connectivity index (χ4v) is 10.6. The van der Waals surface area contributed by atoms with E-state index in [4.69, 9.17) is 18.9 Å².